The van der Waals surface area contributed by atoms with Crippen molar-refractivity contribution in [3.63, 3.8) is 0 Å². The molecule has 17 atom stereocenters. The van der Waals surface area contributed by atoms with Crippen LogP contribution in [0.1, 0.15) is 118 Å². The van der Waals surface area contributed by atoms with Gasteiger partial charge in [-0.15, -0.1) is 0 Å². The predicted molar refractivity (Wildman–Crippen MR) is 276 cm³/mol. The van der Waals surface area contributed by atoms with Gasteiger partial charge in [-0.3, -0.25) is 18.4 Å². The van der Waals surface area contributed by atoms with E-state index in [9.17, 15) is 68.7 Å². The zero-order chi connectivity index (χ0) is 57.3. The molecule has 26 nitrogen and oxygen atoms in total. The molecule has 1 aliphatic heterocycles. The number of carbonyl (C=O) groups is 1. The highest BCUT2D eigenvalue weighted by Gasteiger charge is 2.63. The molecule has 0 spiro atoms. The van der Waals surface area contributed by atoms with Crippen molar-refractivity contribution in [2.24, 2.45) is 61.7 Å². The van der Waals surface area contributed by atoms with Crippen LogP contribution in [0.15, 0.2) is 34.3 Å². The van der Waals surface area contributed by atoms with Crippen LogP contribution in [0.2, 0.25) is 0 Å². The Labute approximate surface area is 457 Å². The monoisotopic (exact) mass is 1180 g/mol. The highest BCUT2D eigenvalue weighted by atomic mass is 32.2. The van der Waals surface area contributed by atoms with Crippen LogP contribution in [0, 0.1) is 51.8 Å². The molecule has 3 heterocycles. The van der Waals surface area contributed by atoms with E-state index >= 15 is 0 Å². The number of phosphoric ester groups is 3. The van der Waals surface area contributed by atoms with Crippen LogP contribution < -0.4 is 25.7 Å². The Morgan fingerprint density at radius 3 is 2.41 bits per heavy atom. The summed E-state index contributed by atoms with van der Waals surface area (Å²) in [6.45, 7) is 8.96. The molecule has 0 bridgehead atoms. The Bertz CT molecular complexity index is 2700. The second kappa shape index (κ2) is 25.0. The summed E-state index contributed by atoms with van der Waals surface area (Å²) in [5.74, 6) is 1.11. The molecule has 30 heteroatoms. The molecule has 1 saturated heterocycles. The summed E-state index contributed by atoms with van der Waals surface area (Å²) in [5.41, 5.74) is 5.11. The van der Waals surface area contributed by atoms with Crippen molar-refractivity contribution in [3.8, 4) is 0 Å². The van der Waals surface area contributed by atoms with E-state index in [1.165, 1.54) is 13.8 Å². The van der Waals surface area contributed by atoms with Gasteiger partial charge in [0.25, 0.3) is 0 Å². The van der Waals surface area contributed by atoms with E-state index in [1.807, 2.05) is 6.08 Å². The lowest BCUT2D eigenvalue weighted by Gasteiger charge is -2.62. The number of aliphatic hydroxyl groups excluding tert-OH is 4. The van der Waals surface area contributed by atoms with E-state index in [1.54, 1.807) is 6.92 Å². The third-order valence-corrected chi connectivity index (χ3v) is 21.5. The molecule has 0 amide bonds. The van der Waals surface area contributed by atoms with Crippen molar-refractivity contribution < 1.29 is 91.3 Å². The number of rotatable bonds is 24. The van der Waals surface area contributed by atoms with E-state index in [-0.39, 0.29) is 70.4 Å². The molecule has 7 rings (SSSR count). The number of aliphatic hydroxyl groups is 4. The zero-order valence-electron chi connectivity index (χ0n) is 44.6. The number of aliphatic imine (C=N–C) groups is 2. The number of anilines is 1. The van der Waals surface area contributed by atoms with E-state index in [2.05, 4.69) is 54.5 Å². The van der Waals surface area contributed by atoms with Gasteiger partial charge in [0.1, 0.15) is 30.2 Å². The summed E-state index contributed by atoms with van der Waals surface area (Å²) in [7, 11) is -17.1. The van der Waals surface area contributed by atoms with Gasteiger partial charge in [0.05, 0.1) is 45.7 Å². The van der Waals surface area contributed by atoms with Crippen molar-refractivity contribution in [2.75, 3.05) is 37.8 Å². The van der Waals surface area contributed by atoms with Crippen molar-refractivity contribution in [1.82, 2.24) is 19.5 Å². The Kier molecular flexibility index (Phi) is 20.1. The number of thioether (sulfide) groups is 1. The largest absolute Gasteiger partial charge is 0.862 e. The smallest absolute Gasteiger partial charge is 0.481 e. The fourth-order valence-corrected chi connectivity index (χ4v) is 16.8. The van der Waals surface area contributed by atoms with E-state index in [0.29, 0.717) is 41.1 Å². The molecular formula is C48H74N7O19P3S-4. The van der Waals surface area contributed by atoms with Crippen molar-refractivity contribution in [2.45, 2.75) is 155 Å². The molecule has 0 radical (unpaired) electrons. The third kappa shape index (κ3) is 14.5. The summed E-state index contributed by atoms with van der Waals surface area (Å²) in [6, 6.07) is 0. The van der Waals surface area contributed by atoms with Gasteiger partial charge in [-0.1, -0.05) is 52.5 Å². The molecule has 4 saturated carbocycles. The molecule has 0 aromatic carbocycles. The van der Waals surface area contributed by atoms with E-state index in [0.717, 1.165) is 93.2 Å². The minimum atomic E-state index is -5.85. The normalized spacial score (nSPS) is 34.4. The maximum absolute atomic E-state index is 13.0. The molecule has 5 fully saturated rings. The maximum atomic E-state index is 13.0. The number of hydrogen-bond acceptors (Lipinski definition) is 24. The highest BCUT2D eigenvalue weighted by molar-refractivity contribution is 8.14. The SMILES string of the molecule is C/C(=C/CC[C@@H](C)[C@H]1CC[C@H]2[C@@H]3[C@H](O)C[C@@H]4C[C@H](O)CC[C@]4(C)[C@H]3CC[C@]12C)C(=O)SCCN=C([O-])CCN=C([O-])[C@H](O)C(C)(C)COP(=O)(O)OP(=O)(O)OC[C@H]1O[C@@H](n2cnc3c(N)ncnc32)[C@H](O)[C@@H]1OP(=O)([O-])[O-]. The number of nitrogens with two attached hydrogens (primary N) is 1. The van der Waals surface area contributed by atoms with E-state index < -0.39 is 84.5 Å². The Balaban J connectivity index is 0.802. The van der Waals surface area contributed by atoms with Crippen molar-refractivity contribution >= 4 is 69.1 Å². The lowest BCUT2D eigenvalue weighted by atomic mass is 9.43. The molecule has 4 aliphatic carbocycles. The molecule has 78 heavy (non-hydrogen) atoms. The van der Waals surface area contributed by atoms with Crippen LogP contribution >= 0.6 is 35.2 Å². The number of phosphoric acid groups is 3. The average molecular weight is 1180 g/mol. The fraction of sp³-hybridized carbons (Fsp3) is 0.792. The molecular weight excluding hydrogens is 1100 g/mol. The van der Waals surface area contributed by atoms with Crippen molar-refractivity contribution in [1.29, 1.82) is 0 Å². The van der Waals surface area contributed by atoms with Crippen LogP contribution in [-0.2, 0) is 41.1 Å². The summed E-state index contributed by atoms with van der Waals surface area (Å²) in [6.07, 6.45) is 3.58. The number of nitrogens with zero attached hydrogens (tertiary/aromatic N) is 6. The minimum absolute atomic E-state index is 0.00642. The van der Waals surface area contributed by atoms with Gasteiger partial charge in [-0.25, -0.2) is 24.1 Å². The van der Waals surface area contributed by atoms with Gasteiger partial charge in [0.2, 0.25) is 5.12 Å². The number of carbonyl (C=O) groups excluding carboxylic acids is 1. The molecule has 5 aliphatic rings. The summed E-state index contributed by atoms with van der Waals surface area (Å²) >= 11 is 1.05. The maximum Gasteiger partial charge on any atom is 0.481 e. The summed E-state index contributed by atoms with van der Waals surface area (Å²) < 4.78 is 62.0. The summed E-state index contributed by atoms with van der Waals surface area (Å²) in [5, 5.41) is 68.7. The third-order valence-electron chi connectivity index (χ3n) is 17.4. The van der Waals surface area contributed by atoms with Crippen LogP contribution in [0.5, 0.6) is 0 Å². The first-order chi connectivity index (χ1) is 36.4. The standard InChI is InChI=1S/C48H78N7O19P3S/c1-26(30-10-11-31-36-32(13-16-48(30,31)6)47(5)15-12-29(56)20-28(47)21-33(36)57)8-7-9-27(2)45(62)78-19-18-50-35(58)14-17-51-43(61)40(60)46(3,4)23-71-77(68,69)74-76(66,67)70-22-34-39(73-75(63,64)65)38(59)44(72-34)55-25-54-37-41(49)52-24-53-42(37)55/h9,24-26,28-34,36,38-40,44,56-57,59-60H,7-8,10-23H2,1-6H3,(H,50,58)(H,51,61)(H,66,67)(H,68,69)(H2,49,52,53)(H2,63,64,65)/p-4/b27-9-/t26-,28+,29-,30-,31+,32+,33-,34-,36+,38-,39-,40+,44-,47+,48-/m1/s1. The van der Waals surface area contributed by atoms with Gasteiger partial charge in [-0.2, -0.15) is 4.31 Å². The topological polar surface area (TPSA) is 422 Å². The van der Waals surface area contributed by atoms with Gasteiger partial charge < -0.3 is 79.8 Å². The highest BCUT2D eigenvalue weighted by Crippen LogP contribution is 2.68. The van der Waals surface area contributed by atoms with Crippen LogP contribution in [-0.4, -0.2) is 135 Å². The Morgan fingerprint density at radius 2 is 1.69 bits per heavy atom. The fourth-order valence-electron chi connectivity index (χ4n) is 13.3. The Morgan fingerprint density at radius 1 is 1.00 bits per heavy atom. The molecule has 2 aromatic rings. The van der Waals surface area contributed by atoms with Crippen molar-refractivity contribution in [3.05, 3.63) is 24.3 Å². The Hall–Kier alpha value is -2.78. The molecule has 2 aromatic heterocycles. The number of fused-ring (bicyclic) bond motifs is 6. The van der Waals surface area contributed by atoms with Gasteiger partial charge in [0, 0.05) is 24.3 Å². The van der Waals surface area contributed by atoms with Crippen LogP contribution in [0.25, 0.3) is 11.2 Å². The molecule has 440 valence electrons. The summed E-state index contributed by atoms with van der Waals surface area (Å²) in [4.78, 5) is 76.0. The lowest BCUT2D eigenvalue weighted by molar-refractivity contribution is -0.347. The quantitative estimate of drug-likeness (QED) is 0.0260. The lowest BCUT2D eigenvalue weighted by Crippen LogP contribution is -2.58. The second-order valence-electron chi connectivity index (χ2n) is 22.9. The number of ether oxygens (including phenoxy) is 1. The zero-order valence-corrected chi connectivity index (χ0v) is 48.1. The van der Waals surface area contributed by atoms with Crippen LogP contribution in [0.4, 0.5) is 5.82 Å². The predicted octanol–water partition coefficient (Wildman–Crippen LogP) is 2.04. The van der Waals surface area contributed by atoms with Gasteiger partial charge in [-0.05, 0) is 141 Å². The van der Waals surface area contributed by atoms with Gasteiger partial charge in [0.15, 0.2) is 17.7 Å². The first-order valence-electron chi connectivity index (χ1n) is 26.3. The number of nitrogen functional groups attached to an aromatic ring is 1. The molecule has 2 unspecified atom stereocenters. The average Bonchev–Trinajstić information content (AvgIpc) is 4.21. The number of hydrogen-bond donors (Lipinski definition) is 7. The number of imidazole rings is 1. The second-order valence-corrected chi connectivity index (χ2v) is 28.1. The number of aromatic nitrogens is 4. The number of allylic oxidation sites excluding steroid dienone is 1. The minimum Gasteiger partial charge on any atom is -0.862 e. The first-order valence-corrected chi connectivity index (χ1v) is 31.7. The van der Waals surface area contributed by atoms with Gasteiger partial charge >= 0.3 is 15.6 Å². The van der Waals surface area contributed by atoms with Crippen LogP contribution in [0.3, 0.4) is 0 Å². The first kappa shape index (κ1) is 62.8. The molecule has 8 N–H and O–H groups in total. The van der Waals surface area contributed by atoms with E-state index in [4.69, 9.17) is 19.5 Å².